The molecule has 19 heavy (non-hydrogen) atoms. The van der Waals surface area contributed by atoms with Gasteiger partial charge in [0, 0.05) is 30.5 Å². The van der Waals surface area contributed by atoms with Gasteiger partial charge in [-0.05, 0) is 24.6 Å². The van der Waals surface area contributed by atoms with Gasteiger partial charge >= 0.3 is 0 Å². The molecule has 1 aromatic rings. The lowest BCUT2D eigenvalue weighted by Gasteiger charge is -2.17. The minimum absolute atomic E-state index is 0.00748. The molecule has 0 unspecified atom stereocenters. The number of amides is 2. The number of likely N-dealkylation sites (N-methyl/N-ethyl adjacent to an activating group) is 1. The van der Waals surface area contributed by atoms with Gasteiger partial charge in [0.1, 0.15) is 0 Å². The first-order chi connectivity index (χ1) is 8.93. The molecule has 5 N–H and O–H groups in total. The van der Waals surface area contributed by atoms with Crippen LogP contribution in [-0.2, 0) is 4.79 Å². The van der Waals surface area contributed by atoms with Crippen LogP contribution in [0.25, 0.3) is 0 Å². The Bertz CT molecular complexity index is 453. The Hall–Kier alpha value is -2.24. The SMILES string of the molecule is CCCNC(=O)CN(C)C(=O)c1cc(N)cc(N)c1. The van der Waals surface area contributed by atoms with Gasteiger partial charge in [-0.2, -0.15) is 0 Å². The maximum atomic E-state index is 12.1. The third-order valence-corrected chi connectivity index (χ3v) is 2.52. The molecule has 1 aromatic carbocycles. The topological polar surface area (TPSA) is 101 Å². The molecule has 0 aliphatic carbocycles. The highest BCUT2D eigenvalue weighted by Gasteiger charge is 2.15. The second kappa shape index (κ2) is 6.63. The number of rotatable bonds is 5. The van der Waals surface area contributed by atoms with Crippen LogP contribution in [0.3, 0.4) is 0 Å². The van der Waals surface area contributed by atoms with Gasteiger partial charge in [-0.25, -0.2) is 0 Å². The monoisotopic (exact) mass is 264 g/mol. The van der Waals surface area contributed by atoms with E-state index < -0.39 is 0 Å². The maximum Gasteiger partial charge on any atom is 0.254 e. The molecule has 0 heterocycles. The summed E-state index contributed by atoms with van der Waals surface area (Å²) in [6.45, 7) is 2.57. The number of carbonyl (C=O) groups excluding carboxylic acids is 2. The minimum atomic E-state index is -0.286. The van der Waals surface area contributed by atoms with E-state index >= 15 is 0 Å². The average Bonchev–Trinajstić information content (AvgIpc) is 2.34. The summed E-state index contributed by atoms with van der Waals surface area (Å²) >= 11 is 0. The number of hydrogen-bond donors (Lipinski definition) is 3. The molecule has 0 atom stereocenters. The van der Waals surface area contributed by atoms with Gasteiger partial charge in [0.05, 0.1) is 6.54 Å². The third kappa shape index (κ3) is 4.50. The van der Waals surface area contributed by atoms with Gasteiger partial charge in [-0.1, -0.05) is 6.92 Å². The minimum Gasteiger partial charge on any atom is -0.399 e. The van der Waals surface area contributed by atoms with E-state index in [-0.39, 0.29) is 18.4 Å². The lowest BCUT2D eigenvalue weighted by atomic mass is 10.1. The Morgan fingerprint density at radius 2 is 1.79 bits per heavy atom. The maximum absolute atomic E-state index is 12.1. The standard InChI is InChI=1S/C13H20N4O2/c1-3-4-16-12(18)8-17(2)13(19)9-5-10(14)7-11(15)6-9/h5-7H,3-4,8,14-15H2,1-2H3,(H,16,18). The van der Waals surface area contributed by atoms with Crippen molar-refractivity contribution in [2.45, 2.75) is 13.3 Å². The van der Waals surface area contributed by atoms with Crippen molar-refractivity contribution in [2.24, 2.45) is 0 Å². The number of benzene rings is 1. The van der Waals surface area contributed by atoms with Crippen molar-refractivity contribution in [3.63, 3.8) is 0 Å². The van der Waals surface area contributed by atoms with Crippen LogP contribution in [0.2, 0.25) is 0 Å². The number of hydrogen-bond acceptors (Lipinski definition) is 4. The summed E-state index contributed by atoms with van der Waals surface area (Å²) in [4.78, 5) is 25.0. The number of nitrogens with zero attached hydrogens (tertiary/aromatic N) is 1. The zero-order valence-corrected chi connectivity index (χ0v) is 11.3. The Kier molecular flexibility index (Phi) is 5.17. The fourth-order valence-electron chi connectivity index (χ4n) is 1.63. The molecule has 2 amide bonds. The quantitative estimate of drug-likeness (QED) is 0.672. The van der Waals surface area contributed by atoms with Crippen molar-refractivity contribution < 1.29 is 9.59 Å². The summed E-state index contributed by atoms with van der Waals surface area (Å²) in [5.41, 5.74) is 12.5. The fraction of sp³-hybridized carbons (Fsp3) is 0.385. The molecule has 0 saturated heterocycles. The summed E-state index contributed by atoms with van der Waals surface area (Å²) in [7, 11) is 1.56. The Morgan fingerprint density at radius 3 is 2.32 bits per heavy atom. The molecule has 6 heteroatoms. The van der Waals surface area contributed by atoms with Crippen LogP contribution in [0.15, 0.2) is 18.2 Å². The molecule has 0 fully saturated rings. The van der Waals surface area contributed by atoms with Crippen molar-refractivity contribution in [1.82, 2.24) is 10.2 Å². The number of anilines is 2. The molecule has 0 bridgehead atoms. The number of nitrogens with one attached hydrogen (secondary N) is 1. The van der Waals surface area contributed by atoms with Crippen molar-refractivity contribution in [2.75, 3.05) is 31.6 Å². The first-order valence-corrected chi connectivity index (χ1v) is 6.12. The number of carbonyl (C=O) groups is 2. The summed E-state index contributed by atoms with van der Waals surface area (Å²) in [6.07, 6.45) is 0.856. The zero-order valence-electron chi connectivity index (χ0n) is 11.3. The number of nitrogen functional groups attached to an aromatic ring is 2. The van der Waals surface area contributed by atoms with Gasteiger partial charge in [-0.3, -0.25) is 9.59 Å². The predicted octanol–water partition coefficient (Wildman–Crippen LogP) is 0.449. The Morgan fingerprint density at radius 1 is 1.21 bits per heavy atom. The molecular weight excluding hydrogens is 244 g/mol. The van der Waals surface area contributed by atoms with E-state index in [0.717, 1.165) is 6.42 Å². The van der Waals surface area contributed by atoms with Crippen LogP contribution in [0.4, 0.5) is 11.4 Å². The van der Waals surface area contributed by atoms with E-state index in [4.69, 9.17) is 11.5 Å². The molecule has 0 spiro atoms. The fourth-order valence-corrected chi connectivity index (χ4v) is 1.63. The van der Waals surface area contributed by atoms with Crippen LogP contribution in [0.1, 0.15) is 23.7 Å². The van der Waals surface area contributed by atoms with Crippen LogP contribution in [0.5, 0.6) is 0 Å². The average molecular weight is 264 g/mol. The molecule has 104 valence electrons. The van der Waals surface area contributed by atoms with Crippen LogP contribution >= 0.6 is 0 Å². The molecule has 0 aromatic heterocycles. The summed E-state index contributed by atoms with van der Waals surface area (Å²) in [5.74, 6) is -0.472. The van der Waals surface area contributed by atoms with Gasteiger partial charge in [0.2, 0.25) is 5.91 Å². The summed E-state index contributed by atoms with van der Waals surface area (Å²) in [5, 5.41) is 2.71. The van der Waals surface area contributed by atoms with Gasteiger partial charge in [0.15, 0.2) is 0 Å². The zero-order chi connectivity index (χ0) is 14.4. The van der Waals surface area contributed by atoms with Gasteiger partial charge in [-0.15, -0.1) is 0 Å². The lowest BCUT2D eigenvalue weighted by Crippen LogP contribution is -2.38. The van der Waals surface area contributed by atoms with Crippen molar-refractivity contribution in [3.05, 3.63) is 23.8 Å². The second-order valence-corrected chi connectivity index (χ2v) is 4.40. The van der Waals surface area contributed by atoms with E-state index in [1.807, 2.05) is 6.92 Å². The van der Waals surface area contributed by atoms with E-state index in [1.165, 1.54) is 4.90 Å². The molecule has 0 radical (unpaired) electrons. The predicted molar refractivity (Wildman–Crippen MR) is 75.5 cm³/mol. The lowest BCUT2D eigenvalue weighted by molar-refractivity contribution is -0.121. The molecular formula is C13H20N4O2. The Balaban J connectivity index is 2.68. The summed E-state index contributed by atoms with van der Waals surface area (Å²) in [6, 6.07) is 4.66. The van der Waals surface area contributed by atoms with Crippen LogP contribution in [-0.4, -0.2) is 36.9 Å². The highest BCUT2D eigenvalue weighted by atomic mass is 16.2. The Labute approximate surface area is 112 Å². The number of nitrogens with two attached hydrogens (primary N) is 2. The molecule has 0 saturated carbocycles. The molecule has 1 rings (SSSR count). The smallest absolute Gasteiger partial charge is 0.254 e. The highest BCUT2D eigenvalue weighted by molar-refractivity contribution is 5.97. The first-order valence-electron chi connectivity index (χ1n) is 6.12. The molecule has 0 aliphatic rings. The van der Waals surface area contributed by atoms with Crippen LogP contribution in [0, 0.1) is 0 Å². The molecule has 6 nitrogen and oxygen atoms in total. The van der Waals surface area contributed by atoms with Gasteiger partial charge < -0.3 is 21.7 Å². The van der Waals surface area contributed by atoms with Gasteiger partial charge in [0.25, 0.3) is 5.91 Å². The second-order valence-electron chi connectivity index (χ2n) is 4.40. The first kappa shape index (κ1) is 14.8. The van der Waals surface area contributed by atoms with Crippen molar-refractivity contribution in [3.8, 4) is 0 Å². The summed E-state index contributed by atoms with van der Waals surface area (Å²) < 4.78 is 0. The van der Waals surface area contributed by atoms with Crippen molar-refractivity contribution >= 4 is 23.2 Å². The highest BCUT2D eigenvalue weighted by Crippen LogP contribution is 2.14. The molecule has 0 aliphatic heterocycles. The third-order valence-electron chi connectivity index (χ3n) is 2.52. The normalized spacial score (nSPS) is 10.0. The van der Waals surface area contributed by atoms with E-state index in [0.29, 0.717) is 23.5 Å². The van der Waals surface area contributed by atoms with Crippen molar-refractivity contribution in [1.29, 1.82) is 0 Å². The van der Waals surface area contributed by atoms with E-state index in [1.54, 1.807) is 25.2 Å². The van der Waals surface area contributed by atoms with Crippen LogP contribution < -0.4 is 16.8 Å². The largest absolute Gasteiger partial charge is 0.399 e. The van der Waals surface area contributed by atoms with E-state index in [2.05, 4.69) is 5.32 Å². The van der Waals surface area contributed by atoms with E-state index in [9.17, 15) is 9.59 Å².